The van der Waals surface area contributed by atoms with Crippen molar-refractivity contribution in [1.29, 1.82) is 0 Å². The highest BCUT2D eigenvalue weighted by Gasteiger charge is 2.20. The minimum Gasteiger partial charge on any atom is -0.384 e. The lowest BCUT2D eigenvalue weighted by atomic mass is 10.2. The Morgan fingerprint density at radius 2 is 1.95 bits per heavy atom. The highest BCUT2D eigenvalue weighted by molar-refractivity contribution is 7.90. The molecule has 2 aromatic rings. The SMILES string of the molecule is COCC(C)CS(=O)(=O)Cc1nc(-c2ccccc2)nn1C. The van der Waals surface area contributed by atoms with Gasteiger partial charge in [0.25, 0.3) is 0 Å². The van der Waals surface area contributed by atoms with Crippen molar-refractivity contribution in [3.8, 4) is 11.4 Å². The van der Waals surface area contributed by atoms with E-state index in [-0.39, 0.29) is 17.4 Å². The fourth-order valence-corrected chi connectivity index (χ4v) is 4.00. The number of rotatable bonds is 7. The van der Waals surface area contributed by atoms with E-state index in [4.69, 9.17) is 4.74 Å². The molecule has 0 aliphatic heterocycles. The molecule has 0 aliphatic rings. The van der Waals surface area contributed by atoms with Gasteiger partial charge in [0.2, 0.25) is 0 Å². The first-order chi connectivity index (χ1) is 10.4. The van der Waals surface area contributed by atoms with Crippen LogP contribution >= 0.6 is 0 Å². The predicted molar refractivity (Wildman–Crippen MR) is 85.0 cm³/mol. The molecule has 0 radical (unpaired) electrons. The van der Waals surface area contributed by atoms with Gasteiger partial charge in [-0.05, 0) is 5.92 Å². The molecule has 0 bridgehead atoms. The van der Waals surface area contributed by atoms with Crippen LogP contribution in [-0.4, -0.2) is 42.7 Å². The minimum atomic E-state index is -3.25. The average Bonchev–Trinajstić information content (AvgIpc) is 2.80. The highest BCUT2D eigenvalue weighted by atomic mass is 32.2. The first-order valence-electron chi connectivity index (χ1n) is 7.06. The van der Waals surface area contributed by atoms with Gasteiger partial charge >= 0.3 is 0 Å². The molecular formula is C15H21N3O3S. The molecule has 0 fully saturated rings. The van der Waals surface area contributed by atoms with E-state index in [1.54, 1.807) is 14.2 Å². The van der Waals surface area contributed by atoms with Crippen LogP contribution in [0.3, 0.4) is 0 Å². The van der Waals surface area contributed by atoms with Gasteiger partial charge in [0.15, 0.2) is 15.7 Å². The predicted octanol–water partition coefficient (Wildman–Crippen LogP) is 1.68. The second-order valence-corrected chi connectivity index (χ2v) is 7.57. The van der Waals surface area contributed by atoms with Crippen molar-refractivity contribution in [1.82, 2.24) is 14.8 Å². The van der Waals surface area contributed by atoms with E-state index in [0.29, 0.717) is 18.3 Å². The van der Waals surface area contributed by atoms with Crippen molar-refractivity contribution in [2.24, 2.45) is 13.0 Å². The second kappa shape index (κ2) is 7.02. The zero-order valence-corrected chi connectivity index (χ0v) is 13.9. The number of hydrogen-bond donors (Lipinski definition) is 0. The number of nitrogens with zero attached hydrogens (tertiary/aromatic N) is 3. The van der Waals surface area contributed by atoms with E-state index in [9.17, 15) is 8.42 Å². The Labute approximate surface area is 131 Å². The van der Waals surface area contributed by atoms with Crippen molar-refractivity contribution >= 4 is 9.84 Å². The summed E-state index contributed by atoms with van der Waals surface area (Å²) in [5.74, 6) is 0.907. The molecule has 22 heavy (non-hydrogen) atoms. The number of aromatic nitrogens is 3. The Balaban J connectivity index is 2.15. The van der Waals surface area contributed by atoms with Crippen LogP contribution < -0.4 is 0 Å². The van der Waals surface area contributed by atoms with Gasteiger partial charge in [0, 0.05) is 26.3 Å². The quantitative estimate of drug-likeness (QED) is 0.775. The van der Waals surface area contributed by atoms with Crippen molar-refractivity contribution in [3.63, 3.8) is 0 Å². The largest absolute Gasteiger partial charge is 0.384 e. The number of aryl methyl sites for hydroxylation is 1. The van der Waals surface area contributed by atoms with Crippen LogP contribution in [0, 0.1) is 5.92 Å². The van der Waals surface area contributed by atoms with Crippen LogP contribution in [-0.2, 0) is 27.4 Å². The number of ether oxygens (including phenoxy) is 1. The second-order valence-electron chi connectivity index (χ2n) is 5.46. The van der Waals surface area contributed by atoms with Gasteiger partial charge in [-0.15, -0.1) is 0 Å². The summed E-state index contributed by atoms with van der Waals surface area (Å²) in [6, 6.07) is 9.50. The third-order valence-electron chi connectivity index (χ3n) is 3.22. The van der Waals surface area contributed by atoms with Crippen LogP contribution in [0.1, 0.15) is 12.7 Å². The average molecular weight is 323 g/mol. The normalized spacial score (nSPS) is 13.2. The maximum atomic E-state index is 12.2. The minimum absolute atomic E-state index is 0.0446. The Morgan fingerprint density at radius 3 is 2.59 bits per heavy atom. The third-order valence-corrected chi connectivity index (χ3v) is 5.00. The van der Waals surface area contributed by atoms with Crippen molar-refractivity contribution in [2.75, 3.05) is 19.5 Å². The van der Waals surface area contributed by atoms with Crippen molar-refractivity contribution in [3.05, 3.63) is 36.2 Å². The number of sulfone groups is 1. The van der Waals surface area contributed by atoms with Gasteiger partial charge in [-0.2, -0.15) is 5.10 Å². The lowest BCUT2D eigenvalue weighted by Crippen LogP contribution is -2.20. The van der Waals surface area contributed by atoms with Gasteiger partial charge in [-0.25, -0.2) is 13.4 Å². The molecule has 7 heteroatoms. The Morgan fingerprint density at radius 1 is 1.27 bits per heavy atom. The Bertz CT molecular complexity index is 711. The maximum absolute atomic E-state index is 12.2. The first-order valence-corrected chi connectivity index (χ1v) is 8.88. The molecule has 0 spiro atoms. The molecule has 120 valence electrons. The van der Waals surface area contributed by atoms with E-state index >= 15 is 0 Å². The van der Waals surface area contributed by atoms with Gasteiger partial charge in [0.1, 0.15) is 11.6 Å². The fraction of sp³-hybridized carbons (Fsp3) is 0.467. The topological polar surface area (TPSA) is 74.1 Å². The van der Waals surface area contributed by atoms with E-state index < -0.39 is 9.84 Å². The molecule has 0 saturated heterocycles. The molecule has 0 saturated carbocycles. The number of benzene rings is 1. The molecule has 1 aromatic heterocycles. The van der Waals surface area contributed by atoms with E-state index in [1.807, 2.05) is 37.3 Å². The van der Waals surface area contributed by atoms with E-state index in [0.717, 1.165) is 5.56 Å². The molecule has 0 aliphatic carbocycles. The summed E-state index contributed by atoms with van der Waals surface area (Å²) in [7, 11) is 0.0278. The Kier molecular flexibility index (Phi) is 5.31. The summed E-state index contributed by atoms with van der Waals surface area (Å²) in [6.07, 6.45) is 0. The lowest BCUT2D eigenvalue weighted by molar-refractivity contribution is 0.167. The molecule has 1 atom stereocenters. The van der Waals surface area contributed by atoms with Crippen LogP contribution in [0.4, 0.5) is 0 Å². The van der Waals surface area contributed by atoms with Crippen LogP contribution in [0.2, 0.25) is 0 Å². The zero-order valence-electron chi connectivity index (χ0n) is 13.1. The smallest absolute Gasteiger partial charge is 0.181 e. The first kappa shape index (κ1) is 16.6. The molecule has 0 amide bonds. The van der Waals surface area contributed by atoms with Crippen LogP contribution in [0.5, 0.6) is 0 Å². The van der Waals surface area contributed by atoms with Crippen LogP contribution in [0.15, 0.2) is 30.3 Å². The van der Waals surface area contributed by atoms with E-state index in [2.05, 4.69) is 10.1 Å². The standard InChI is InChI=1S/C15H21N3O3S/c1-12(9-21-3)10-22(19,20)11-14-16-15(17-18(14)2)13-7-5-4-6-8-13/h4-8,12H,9-11H2,1-3H3. The van der Waals surface area contributed by atoms with Crippen LogP contribution in [0.25, 0.3) is 11.4 Å². The summed E-state index contributed by atoms with van der Waals surface area (Å²) < 4.78 is 31.0. The van der Waals surface area contributed by atoms with Gasteiger partial charge in [0.05, 0.1) is 5.75 Å². The van der Waals surface area contributed by atoms with Crippen molar-refractivity contribution < 1.29 is 13.2 Å². The molecule has 0 N–H and O–H groups in total. The molecule has 1 unspecified atom stereocenters. The summed E-state index contributed by atoms with van der Waals surface area (Å²) in [5, 5.41) is 4.30. The summed E-state index contributed by atoms with van der Waals surface area (Å²) in [4.78, 5) is 4.36. The molecule has 2 rings (SSSR count). The monoisotopic (exact) mass is 323 g/mol. The Hall–Kier alpha value is -1.73. The maximum Gasteiger partial charge on any atom is 0.181 e. The van der Waals surface area contributed by atoms with Gasteiger partial charge in [-0.1, -0.05) is 37.3 Å². The van der Waals surface area contributed by atoms with Gasteiger partial charge in [-0.3, -0.25) is 4.68 Å². The zero-order chi connectivity index (χ0) is 16.2. The fourth-order valence-electron chi connectivity index (χ4n) is 2.27. The highest BCUT2D eigenvalue weighted by Crippen LogP contribution is 2.16. The third kappa shape index (κ3) is 4.38. The molecule has 1 heterocycles. The molecule has 6 nitrogen and oxygen atoms in total. The number of hydrogen-bond acceptors (Lipinski definition) is 5. The lowest BCUT2D eigenvalue weighted by Gasteiger charge is -2.10. The number of methoxy groups -OCH3 is 1. The summed E-state index contributed by atoms with van der Waals surface area (Å²) in [6.45, 7) is 2.28. The van der Waals surface area contributed by atoms with Crippen molar-refractivity contribution in [2.45, 2.75) is 12.7 Å². The summed E-state index contributed by atoms with van der Waals surface area (Å²) >= 11 is 0. The molecular weight excluding hydrogens is 302 g/mol. The van der Waals surface area contributed by atoms with Gasteiger partial charge < -0.3 is 4.74 Å². The van der Waals surface area contributed by atoms with E-state index in [1.165, 1.54) is 4.68 Å². The molecule has 1 aromatic carbocycles. The summed E-state index contributed by atoms with van der Waals surface area (Å²) in [5.41, 5.74) is 0.870.